The van der Waals surface area contributed by atoms with Gasteiger partial charge in [-0.1, -0.05) is 41.4 Å². The molecule has 0 radical (unpaired) electrons. The lowest BCUT2D eigenvalue weighted by Crippen LogP contribution is -2.14. The Morgan fingerprint density at radius 3 is 2.62 bits per heavy atom. The van der Waals surface area contributed by atoms with Gasteiger partial charge in [-0.3, -0.25) is 4.79 Å². The van der Waals surface area contributed by atoms with Gasteiger partial charge in [-0.05, 0) is 43.3 Å². The second kappa shape index (κ2) is 7.81. The number of halogens is 1. The van der Waals surface area contributed by atoms with Gasteiger partial charge in [0.15, 0.2) is 5.76 Å². The maximum atomic E-state index is 13.1. The molecule has 0 saturated heterocycles. The van der Waals surface area contributed by atoms with E-state index in [1.165, 1.54) is 24.5 Å². The van der Waals surface area contributed by atoms with E-state index in [4.69, 9.17) is 25.2 Å². The van der Waals surface area contributed by atoms with Gasteiger partial charge >= 0.3 is 5.97 Å². The van der Waals surface area contributed by atoms with Crippen molar-refractivity contribution >= 4 is 34.6 Å². The standard InChI is InChI=1S/C23H15ClO5/c1-14-4-6-15(7-5-14)22-23(29-20(25)11-9-17-3-2-12-27-17)21(26)18-13-16(24)8-10-19(18)28-22/h2-13H,1H3. The highest BCUT2D eigenvalue weighted by Gasteiger charge is 2.20. The first kappa shape index (κ1) is 18.8. The minimum Gasteiger partial charge on any atom is -0.465 e. The van der Waals surface area contributed by atoms with Gasteiger partial charge in [-0.15, -0.1) is 0 Å². The molecule has 0 spiro atoms. The van der Waals surface area contributed by atoms with Crippen molar-refractivity contribution in [3.63, 3.8) is 0 Å². The van der Waals surface area contributed by atoms with E-state index in [2.05, 4.69) is 0 Å². The van der Waals surface area contributed by atoms with Crippen molar-refractivity contribution in [3.05, 3.63) is 93.5 Å². The van der Waals surface area contributed by atoms with Crippen molar-refractivity contribution < 1.29 is 18.4 Å². The Balaban J connectivity index is 1.82. The summed E-state index contributed by atoms with van der Waals surface area (Å²) in [6, 6.07) is 15.5. The topological polar surface area (TPSA) is 69.7 Å². The molecule has 4 aromatic rings. The Labute approximate surface area is 170 Å². The number of esters is 1. The van der Waals surface area contributed by atoms with Crippen LogP contribution in [-0.2, 0) is 4.79 Å². The first-order valence-electron chi connectivity index (χ1n) is 8.78. The van der Waals surface area contributed by atoms with Crippen LogP contribution in [-0.4, -0.2) is 5.97 Å². The summed E-state index contributed by atoms with van der Waals surface area (Å²) in [6.45, 7) is 1.95. The Hall–Kier alpha value is -3.57. The lowest BCUT2D eigenvalue weighted by atomic mass is 10.1. The first-order valence-corrected chi connectivity index (χ1v) is 9.16. The fourth-order valence-corrected chi connectivity index (χ4v) is 2.98. The molecule has 0 amide bonds. The Kier molecular flexibility index (Phi) is 5.06. The Bertz CT molecular complexity index is 1270. The molecule has 6 heteroatoms. The molecule has 0 N–H and O–H groups in total. The molecular weight excluding hydrogens is 392 g/mol. The third-order valence-electron chi connectivity index (χ3n) is 4.25. The van der Waals surface area contributed by atoms with Crippen LogP contribution < -0.4 is 10.2 Å². The zero-order valence-corrected chi connectivity index (χ0v) is 16.1. The summed E-state index contributed by atoms with van der Waals surface area (Å²) < 4.78 is 16.5. The van der Waals surface area contributed by atoms with E-state index in [0.717, 1.165) is 5.56 Å². The summed E-state index contributed by atoms with van der Waals surface area (Å²) in [5.74, 6) is -0.274. The fourth-order valence-electron chi connectivity index (χ4n) is 2.81. The summed E-state index contributed by atoms with van der Waals surface area (Å²) in [5.41, 5.74) is 1.52. The smallest absolute Gasteiger partial charge is 0.336 e. The molecule has 5 nitrogen and oxygen atoms in total. The molecule has 2 aromatic heterocycles. The van der Waals surface area contributed by atoms with Crippen LogP contribution in [0, 0.1) is 6.92 Å². The molecule has 4 rings (SSSR count). The second-order valence-electron chi connectivity index (χ2n) is 6.37. The van der Waals surface area contributed by atoms with Crippen LogP contribution in [0.2, 0.25) is 5.02 Å². The molecule has 0 aliphatic carbocycles. The van der Waals surface area contributed by atoms with E-state index in [-0.39, 0.29) is 16.9 Å². The van der Waals surface area contributed by atoms with Gasteiger partial charge in [0.1, 0.15) is 11.3 Å². The van der Waals surface area contributed by atoms with Gasteiger partial charge in [0, 0.05) is 16.7 Å². The molecule has 29 heavy (non-hydrogen) atoms. The van der Waals surface area contributed by atoms with E-state index in [1.807, 2.05) is 19.1 Å². The highest BCUT2D eigenvalue weighted by atomic mass is 35.5. The number of carbonyl (C=O) groups is 1. The SMILES string of the molecule is Cc1ccc(-c2oc3ccc(Cl)cc3c(=O)c2OC(=O)C=Cc2ccco2)cc1. The molecule has 0 aliphatic heterocycles. The number of rotatable bonds is 4. The second-order valence-corrected chi connectivity index (χ2v) is 6.80. The van der Waals surface area contributed by atoms with Crippen molar-refractivity contribution in [1.82, 2.24) is 0 Å². The van der Waals surface area contributed by atoms with E-state index in [9.17, 15) is 9.59 Å². The predicted octanol–water partition coefficient (Wildman–Crippen LogP) is 5.63. The van der Waals surface area contributed by atoms with Crippen LogP contribution in [0.1, 0.15) is 11.3 Å². The third kappa shape index (κ3) is 4.00. The van der Waals surface area contributed by atoms with Gasteiger partial charge in [0.05, 0.1) is 11.6 Å². The average Bonchev–Trinajstić information content (AvgIpc) is 3.23. The normalized spacial score (nSPS) is 11.2. The van der Waals surface area contributed by atoms with Gasteiger partial charge in [-0.2, -0.15) is 0 Å². The summed E-state index contributed by atoms with van der Waals surface area (Å²) in [7, 11) is 0. The maximum absolute atomic E-state index is 13.1. The summed E-state index contributed by atoms with van der Waals surface area (Å²) in [4.78, 5) is 25.4. The van der Waals surface area contributed by atoms with Crippen molar-refractivity contribution in [3.8, 4) is 17.1 Å². The van der Waals surface area contributed by atoms with Crippen LogP contribution in [0.25, 0.3) is 28.4 Å². The Morgan fingerprint density at radius 1 is 1.10 bits per heavy atom. The van der Waals surface area contributed by atoms with Crippen LogP contribution in [0.3, 0.4) is 0 Å². The monoisotopic (exact) mass is 406 g/mol. The minimum atomic E-state index is -0.733. The molecule has 2 heterocycles. The molecule has 0 bridgehead atoms. The molecule has 0 saturated carbocycles. The van der Waals surface area contributed by atoms with Crippen LogP contribution in [0.5, 0.6) is 5.75 Å². The maximum Gasteiger partial charge on any atom is 0.336 e. The number of hydrogen-bond donors (Lipinski definition) is 0. The summed E-state index contributed by atoms with van der Waals surface area (Å²) >= 11 is 6.02. The van der Waals surface area contributed by atoms with E-state index >= 15 is 0 Å². The van der Waals surface area contributed by atoms with Crippen molar-refractivity contribution in [1.29, 1.82) is 0 Å². The molecule has 144 valence electrons. The largest absolute Gasteiger partial charge is 0.465 e. The Morgan fingerprint density at radius 2 is 1.90 bits per heavy atom. The van der Waals surface area contributed by atoms with Crippen LogP contribution in [0.4, 0.5) is 0 Å². The first-order chi connectivity index (χ1) is 14.0. The van der Waals surface area contributed by atoms with E-state index in [1.54, 1.807) is 36.4 Å². The van der Waals surface area contributed by atoms with E-state index < -0.39 is 11.4 Å². The van der Waals surface area contributed by atoms with Gasteiger partial charge in [-0.25, -0.2) is 4.79 Å². The van der Waals surface area contributed by atoms with Gasteiger partial charge < -0.3 is 13.6 Å². The van der Waals surface area contributed by atoms with Gasteiger partial charge in [0.25, 0.3) is 0 Å². The molecule has 0 fully saturated rings. The lowest BCUT2D eigenvalue weighted by Gasteiger charge is -2.10. The third-order valence-corrected chi connectivity index (χ3v) is 4.49. The predicted molar refractivity (Wildman–Crippen MR) is 111 cm³/mol. The van der Waals surface area contributed by atoms with Crippen molar-refractivity contribution in [2.24, 2.45) is 0 Å². The fraction of sp³-hybridized carbons (Fsp3) is 0.0435. The number of aryl methyl sites for hydroxylation is 1. The van der Waals surface area contributed by atoms with Crippen LogP contribution in [0.15, 0.2) is 80.6 Å². The zero-order chi connectivity index (χ0) is 20.4. The highest BCUT2D eigenvalue weighted by Crippen LogP contribution is 2.32. The number of ether oxygens (including phenoxy) is 1. The van der Waals surface area contributed by atoms with E-state index in [0.29, 0.717) is 21.9 Å². The number of hydrogen-bond acceptors (Lipinski definition) is 5. The van der Waals surface area contributed by atoms with Gasteiger partial charge in [0.2, 0.25) is 11.2 Å². The summed E-state index contributed by atoms with van der Waals surface area (Å²) in [5, 5.41) is 0.606. The van der Waals surface area contributed by atoms with Crippen molar-refractivity contribution in [2.45, 2.75) is 6.92 Å². The van der Waals surface area contributed by atoms with Crippen molar-refractivity contribution in [2.75, 3.05) is 0 Å². The number of fused-ring (bicyclic) bond motifs is 1. The molecular formula is C23H15ClO5. The number of benzene rings is 2. The average molecular weight is 407 g/mol. The summed E-state index contributed by atoms with van der Waals surface area (Å²) in [6.07, 6.45) is 4.12. The molecule has 0 atom stereocenters. The lowest BCUT2D eigenvalue weighted by molar-refractivity contribution is -0.129. The minimum absolute atomic E-state index is 0.171. The molecule has 2 aromatic carbocycles. The highest BCUT2D eigenvalue weighted by molar-refractivity contribution is 6.31. The number of furan rings is 1. The number of carbonyl (C=O) groups excluding carboxylic acids is 1. The quantitative estimate of drug-likeness (QED) is 0.324. The molecule has 0 unspecified atom stereocenters. The zero-order valence-electron chi connectivity index (χ0n) is 15.3. The van der Waals surface area contributed by atoms with Crippen LogP contribution >= 0.6 is 11.6 Å². The molecule has 0 aliphatic rings.